The smallest absolute Gasteiger partial charge is 0.262 e. The number of aromatic nitrogens is 1. The molecule has 1 N–H and O–H groups in total. The number of aryl methyl sites for hydroxylation is 1. The van der Waals surface area contributed by atoms with Crippen LogP contribution in [-0.2, 0) is 11.3 Å². The molecule has 0 unspecified atom stereocenters. The number of pyridine rings is 1. The van der Waals surface area contributed by atoms with E-state index in [0.717, 1.165) is 45.0 Å². The summed E-state index contributed by atoms with van der Waals surface area (Å²) >= 11 is 5.86. The Bertz CT molecular complexity index is 1040. The molecule has 0 bridgehead atoms. The van der Waals surface area contributed by atoms with Crippen molar-refractivity contribution in [3.05, 3.63) is 83.0 Å². The molecule has 1 aromatic heterocycles. The van der Waals surface area contributed by atoms with E-state index >= 15 is 0 Å². The van der Waals surface area contributed by atoms with Crippen LogP contribution in [0.5, 0.6) is 5.75 Å². The fraction of sp³-hybridized carbons (Fsp3) is 0.308. The second-order valence-electron chi connectivity index (χ2n) is 8.30. The van der Waals surface area contributed by atoms with E-state index in [1.807, 2.05) is 12.1 Å². The highest BCUT2D eigenvalue weighted by atomic mass is 35.5. The SMILES string of the molecule is Cc1ccc(CN2CCCN(c3ccc(NC(=O)COc4ccc(Cl)cc4)cn3)CC2)cc1. The van der Waals surface area contributed by atoms with E-state index in [1.54, 1.807) is 30.5 Å². The fourth-order valence-electron chi connectivity index (χ4n) is 3.83. The second kappa shape index (κ2) is 11.2. The number of hydrogen-bond donors (Lipinski definition) is 1. The molecule has 1 amide bonds. The number of carbonyl (C=O) groups is 1. The molecule has 0 aliphatic carbocycles. The van der Waals surface area contributed by atoms with Crippen LogP contribution in [0.15, 0.2) is 66.9 Å². The van der Waals surface area contributed by atoms with Gasteiger partial charge in [0, 0.05) is 37.7 Å². The van der Waals surface area contributed by atoms with Crippen molar-refractivity contribution in [1.82, 2.24) is 9.88 Å². The number of benzene rings is 2. The first-order chi connectivity index (χ1) is 16.0. The average molecular weight is 465 g/mol. The van der Waals surface area contributed by atoms with E-state index in [2.05, 4.69) is 51.3 Å². The number of halogens is 1. The molecule has 6 nitrogen and oxygen atoms in total. The zero-order chi connectivity index (χ0) is 23.0. The molecule has 1 aliphatic heterocycles. The van der Waals surface area contributed by atoms with Crippen molar-refractivity contribution in [2.75, 3.05) is 43.0 Å². The summed E-state index contributed by atoms with van der Waals surface area (Å²) in [6, 6.07) is 19.5. The standard InChI is InChI=1S/C26H29ClN4O2/c1-20-3-5-21(6-4-20)18-30-13-2-14-31(16-15-30)25-12-9-23(17-28-25)29-26(32)19-33-24-10-7-22(27)8-11-24/h3-12,17H,2,13-16,18-19H2,1H3,(H,29,32). The minimum Gasteiger partial charge on any atom is -0.484 e. The van der Waals surface area contributed by atoms with E-state index in [0.29, 0.717) is 16.5 Å². The highest BCUT2D eigenvalue weighted by molar-refractivity contribution is 6.30. The van der Waals surface area contributed by atoms with Crippen molar-refractivity contribution < 1.29 is 9.53 Å². The van der Waals surface area contributed by atoms with Crippen molar-refractivity contribution in [2.24, 2.45) is 0 Å². The van der Waals surface area contributed by atoms with Gasteiger partial charge in [0.05, 0.1) is 11.9 Å². The normalized spacial score (nSPS) is 14.5. The highest BCUT2D eigenvalue weighted by Crippen LogP contribution is 2.18. The van der Waals surface area contributed by atoms with Gasteiger partial charge in [-0.3, -0.25) is 9.69 Å². The number of amides is 1. The first-order valence-corrected chi connectivity index (χ1v) is 11.6. The molecular formula is C26H29ClN4O2. The molecule has 0 saturated carbocycles. The third-order valence-electron chi connectivity index (χ3n) is 5.65. The summed E-state index contributed by atoms with van der Waals surface area (Å²) in [4.78, 5) is 21.6. The Balaban J connectivity index is 1.25. The van der Waals surface area contributed by atoms with E-state index in [-0.39, 0.29) is 12.5 Å². The van der Waals surface area contributed by atoms with Gasteiger partial charge >= 0.3 is 0 Å². The summed E-state index contributed by atoms with van der Waals surface area (Å²) in [6.07, 6.45) is 2.79. The first kappa shape index (κ1) is 23.1. The Morgan fingerprint density at radius 3 is 2.52 bits per heavy atom. The van der Waals surface area contributed by atoms with E-state index < -0.39 is 0 Å². The van der Waals surface area contributed by atoms with Gasteiger partial charge in [-0.1, -0.05) is 41.4 Å². The van der Waals surface area contributed by atoms with Crippen molar-refractivity contribution in [3.8, 4) is 5.75 Å². The van der Waals surface area contributed by atoms with Crippen molar-refractivity contribution in [2.45, 2.75) is 19.9 Å². The molecule has 2 heterocycles. The minimum atomic E-state index is -0.235. The molecular weight excluding hydrogens is 436 g/mol. The summed E-state index contributed by atoms with van der Waals surface area (Å²) in [5.74, 6) is 1.30. The third-order valence-corrected chi connectivity index (χ3v) is 5.91. The van der Waals surface area contributed by atoms with Gasteiger partial charge in [0.15, 0.2) is 6.61 Å². The third kappa shape index (κ3) is 6.94. The number of carbonyl (C=O) groups excluding carboxylic acids is 1. The Hall–Kier alpha value is -3.09. The van der Waals surface area contributed by atoms with E-state index in [4.69, 9.17) is 16.3 Å². The largest absolute Gasteiger partial charge is 0.484 e. The molecule has 7 heteroatoms. The summed E-state index contributed by atoms with van der Waals surface area (Å²) < 4.78 is 5.48. The maximum Gasteiger partial charge on any atom is 0.262 e. The van der Waals surface area contributed by atoms with E-state index in [1.165, 1.54) is 11.1 Å². The number of anilines is 2. The molecule has 172 valence electrons. The molecule has 4 rings (SSSR count). The summed E-state index contributed by atoms with van der Waals surface area (Å²) in [5, 5.41) is 3.45. The van der Waals surface area contributed by atoms with Gasteiger partial charge in [-0.05, 0) is 55.3 Å². The number of nitrogens with one attached hydrogen (secondary N) is 1. The lowest BCUT2D eigenvalue weighted by atomic mass is 10.1. The molecule has 1 aliphatic rings. The lowest BCUT2D eigenvalue weighted by Crippen LogP contribution is -2.31. The lowest BCUT2D eigenvalue weighted by molar-refractivity contribution is -0.118. The predicted molar refractivity (Wildman–Crippen MR) is 133 cm³/mol. The van der Waals surface area contributed by atoms with E-state index in [9.17, 15) is 4.79 Å². The molecule has 33 heavy (non-hydrogen) atoms. The molecule has 2 aromatic carbocycles. The van der Waals surface area contributed by atoms with Crippen LogP contribution in [0.3, 0.4) is 0 Å². The number of rotatable bonds is 7. The maximum absolute atomic E-state index is 12.2. The quantitative estimate of drug-likeness (QED) is 0.545. The van der Waals surface area contributed by atoms with Gasteiger partial charge in [0.25, 0.3) is 5.91 Å². The molecule has 0 spiro atoms. The summed E-state index contributed by atoms with van der Waals surface area (Å²) in [7, 11) is 0. The van der Waals surface area contributed by atoms with Gasteiger partial charge < -0.3 is 15.0 Å². The minimum absolute atomic E-state index is 0.0771. The molecule has 1 saturated heterocycles. The summed E-state index contributed by atoms with van der Waals surface area (Å²) in [6.45, 7) is 6.99. The van der Waals surface area contributed by atoms with Crippen molar-refractivity contribution >= 4 is 29.0 Å². The molecule has 0 radical (unpaired) electrons. The highest BCUT2D eigenvalue weighted by Gasteiger charge is 2.16. The Morgan fingerprint density at radius 2 is 1.79 bits per heavy atom. The monoisotopic (exact) mass is 464 g/mol. The van der Waals surface area contributed by atoms with Crippen molar-refractivity contribution in [3.63, 3.8) is 0 Å². The van der Waals surface area contributed by atoms with Crippen LogP contribution in [0.2, 0.25) is 5.02 Å². The van der Waals surface area contributed by atoms with Crippen LogP contribution in [0, 0.1) is 6.92 Å². The van der Waals surface area contributed by atoms with Crippen LogP contribution in [-0.4, -0.2) is 48.6 Å². The van der Waals surface area contributed by atoms with Gasteiger partial charge in [-0.15, -0.1) is 0 Å². The summed E-state index contributed by atoms with van der Waals surface area (Å²) in [5.41, 5.74) is 3.30. The van der Waals surface area contributed by atoms with Gasteiger partial charge in [0.1, 0.15) is 11.6 Å². The van der Waals surface area contributed by atoms with Crippen LogP contribution in [0.1, 0.15) is 17.5 Å². The number of hydrogen-bond acceptors (Lipinski definition) is 5. The first-order valence-electron chi connectivity index (χ1n) is 11.2. The van der Waals surface area contributed by atoms with Gasteiger partial charge in [-0.2, -0.15) is 0 Å². The molecule has 1 fully saturated rings. The van der Waals surface area contributed by atoms with Crippen LogP contribution in [0.25, 0.3) is 0 Å². The fourth-order valence-corrected chi connectivity index (χ4v) is 3.96. The topological polar surface area (TPSA) is 57.7 Å². The number of nitrogens with zero attached hydrogens (tertiary/aromatic N) is 3. The predicted octanol–water partition coefficient (Wildman–Crippen LogP) is 4.77. The second-order valence-corrected chi connectivity index (χ2v) is 8.73. The van der Waals surface area contributed by atoms with Gasteiger partial charge in [0.2, 0.25) is 0 Å². The zero-order valence-electron chi connectivity index (χ0n) is 18.8. The average Bonchev–Trinajstić information content (AvgIpc) is 3.06. The zero-order valence-corrected chi connectivity index (χ0v) is 19.6. The van der Waals surface area contributed by atoms with Crippen LogP contribution in [0.4, 0.5) is 11.5 Å². The lowest BCUT2D eigenvalue weighted by Gasteiger charge is -2.23. The maximum atomic E-state index is 12.2. The molecule has 0 atom stereocenters. The van der Waals surface area contributed by atoms with Crippen LogP contribution >= 0.6 is 11.6 Å². The van der Waals surface area contributed by atoms with Crippen molar-refractivity contribution in [1.29, 1.82) is 0 Å². The Labute approximate surface area is 200 Å². The number of ether oxygens (including phenoxy) is 1. The van der Waals surface area contributed by atoms with Crippen LogP contribution < -0.4 is 15.0 Å². The Morgan fingerprint density at radius 1 is 1.00 bits per heavy atom. The molecule has 3 aromatic rings. The van der Waals surface area contributed by atoms with Gasteiger partial charge in [-0.25, -0.2) is 4.98 Å². The Kier molecular flexibility index (Phi) is 7.81.